The Hall–Kier alpha value is -2.94. The van der Waals surface area contributed by atoms with E-state index in [-0.39, 0.29) is 0 Å². The first-order valence-electron chi connectivity index (χ1n) is 16.6. The zero-order valence-corrected chi connectivity index (χ0v) is 29.4. The lowest BCUT2D eigenvalue weighted by Gasteiger charge is -2.21. The molecule has 0 bridgehead atoms. The molecule has 256 valence electrons. The van der Waals surface area contributed by atoms with Crippen LogP contribution in [-0.2, 0) is 19.2 Å². The summed E-state index contributed by atoms with van der Waals surface area (Å²) in [6.45, 7) is 15.9. The van der Waals surface area contributed by atoms with E-state index >= 15 is 0 Å². The van der Waals surface area contributed by atoms with Gasteiger partial charge < -0.3 is 19.4 Å². The molecule has 1 aromatic rings. The minimum atomic E-state index is -0.833. The van der Waals surface area contributed by atoms with Gasteiger partial charge in [-0.05, 0) is 68.7 Å². The summed E-state index contributed by atoms with van der Waals surface area (Å²) in [6, 6.07) is 8.51. The van der Waals surface area contributed by atoms with E-state index in [4.69, 9.17) is 24.2 Å². The number of rotatable bonds is 14. The minimum absolute atomic E-state index is 0.550. The second-order valence-electron chi connectivity index (χ2n) is 11.3. The Morgan fingerprint density at radius 1 is 1.16 bits per heavy atom. The van der Waals surface area contributed by atoms with Crippen molar-refractivity contribution in [3.8, 4) is 5.75 Å². The van der Waals surface area contributed by atoms with E-state index in [1.54, 1.807) is 7.11 Å². The molecule has 0 spiro atoms. The number of carboxylic acids is 1. The topological polar surface area (TPSA) is 88.5 Å². The van der Waals surface area contributed by atoms with Crippen LogP contribution in [0.2, 0.25) is 0 Å². The summed E-state index contributed by atoms with van der Waals surface area (Å²) in [7, 11) is 3.65. The van der Waals surface area contributed by atoms with Crippen molar-refractivity contribution < 1.29 is 29.0 Å². The van der Waals surface area contributed by atoms with Gasteiger partial charge >= 0.3 is 0 Å². The summed E-state index contributed by atoms with van der Waals surface area (Å²) >= 11 is 0. The lowest BCUT2D eigenvalue weighted by Crippen LogP contribution is -2.31. The van der Waals surface area contributed by atoms with Gasteiger partial charge in [-0.2, -0.15) is 5.06 Å². The van der Waals surface area contributed by atoms with E-state index in [0.29, 0.717) is 18.5 Å². The SMILES string of the molecule is C/C=C1/CCO/C1=C/C=C/C1CC(CCCCC)N(CC=O)C1.CC(=O)O.CCCON(C)CCC.COc1ccccc1C. The average molecular weight is 631 g/mol. The molecule has 2 heterocycles. The Labute approximate surface area is 274 Å². The van der Waals surface area contributed by atoms with Crippen molar-refractivity contribution in [1.82, 2.24) is 9.96 Å². The number of aliphatic carboxylic acids is 1. The van der Waals surface area contributed by atoms with Gasteiger partial charge in [-0.25, -0.2) is 0 Å². The predicted molar refractivity (Wildman–Crippen MR) is 185 cm³/mol. The molecule has 3 rings (SSSR count). The Bertz CT molecular complexity index is 1000. The molecule has 2 atom stereocenters. The molecular weight excluding hydrogens is 568 g/mol. The number of benzene rings is 1. The van der Waals surface area contributed by atoms with Crippen LogP contribution in [0, 0.1) is 12.8 Å². The molecule has 8 heteroatoms. The van der Waals surface area contributed by atoms with E-state index in [9.17, 15) is 4.79 Å². The molecule has 2 unspecified atom stereocenters. The molecule has 1 N–H and O–H groups in total. The summed E-state index contributed by atoms with van der Waals surface area (Å²) < 4.78 is 10.7. The highest BCUT2D eigenvalue weighted by Gasteiger charge is 2.29. The highest BCUT2D eigenvalue weighted by Crippen LogP contribution is 2.28. The fourth-order valence-electron chi connectivity index (χ4n) is 5.05. The third kappa shape index (κ3) is 20.7. The molecular formula is C37H62N2O6. The summed E-state index contributed by atoms with van der Waals surface area (Å²) in [5.41, 5.74) is 2.49. The molecule has 0 radical (unpaired) electrons. The van der Waals surface area contributed by atoms with Crippen molar-refractivity contribution in [3.05, 3.63) is 65.5 Å². The number of likely N-dealkylation sites (tertiary alicyclic amines) is 1. The number of carboxylic acid groups (broad SMARTS) is 1. The number of hydrogen-bond acceptors (Lipinski definition) is 7. The highest BCUT2D eigenvalue weighted by atomic mass is 16.7. The fourth-order valence-corrected chi connectivity index (χ4v) is 5.05. The van der Waals surface area contributed by atoms with Crippen LogP contribution >= 0.6 is 0 Å². The maximum absolute atomic E-state index is 10.9. The third-order valence-electron chi connectivity index (χ3n) is 7.30. The second kappa shape index (κ2) is 27.4. The van der Waals surface area contributed by atoms with Crippen molar-refractivity contribution in [3.63, 3.8) is 0 Å². The number of allylic oxidation sites excluding steroid dienone is 4. The molecule has 1 aromatic carbocycles. The quantitative estimate of drug-likeness (QED) is 0.126. The average Bonchev–Trinajstić information content (AvgIpc) is 3.63. The van der Waals surface area contributed by atoms with Crippen molar-refractivity contribution in [2.75, 3.05) is 47.0 Å². The number of carbonyl (C=O) groups excluding carboxylic acids is 1. The van der Waals surface area contributed by atoms with E-state index in [2.05, 4.69) is 56.9 Å². The van der Waals surface area contributed by atoms with Crippen LogP contribution in [0.1, 0.15) is 91.5 Å². The molecule has 45 heavy (non-hydrogen) atoms. The number of aryl methyl sites for hydroxylation is 1. The number of unbranched alkanes of at least 4 members (excludes halogenated alkanes) is 2. The zero-order chi connectivity index (χ0) is 33.9. The number of hydroxylamine groups is 2. The Morgan fingerprint density at radius 3 is 2.42 bits per heavy atom. The molecule has 2 aliphatic rings. The van der Waals surface area contributed by atoms with Crippen molar-refractivity contribution in [2.45, 2.75) is 99.0 Å². The number of aldehydes is 1. The van der Waals surface area contributed by atoms with Crippen LogP contribution in [-0.4, -0.2) is 80.4 Å². The van der Waals surface area contributed by atoms with Crippen LogP contribution in [0.4, 0.5) is 0 Å². The van der Waals surface area contributed by atoms with Gasteiger partial charge in [0.2, 0.25) is 0 Å². The van der Waals surface area contributed by atoms with Gasteiger partial charge in [0.05, 0.1) is 26.9 Å². The normalized spacial score (nSPS) is 19.3. The van der Waals surface area contributed by atoms with Gasteiger partial charge in [0, 0.05) is 39.5 Å². The van der Waals surface area contributed by atoms with Crippen molar-refractivity contribution in [2.24, 2.45) is 5.92 Å². The van der Waals surface area contributed by atoms with Gasteiger partial charge in [0.1, 0.15) is 17.8 Å². The molecule has 0 aliphatic carbocycles. The smallest absolute Gasteiger partial charge is 0.300 e. The molecule has 2 aliphatic heterocycles. The fraction of sp³-hybridized carbons (Fsp3) is 0.622. The van der Waals surface area contributed by atoms with Crippen LogP contribution in [0.5, 0.6) is 5.75 Å². The van der Waals surface area contributed by atoms with Gasteiger partial charge in [-0.3, -0.25) is 14.5 Å². The maximum atomic E-state index is 10.9. The number of hydrogen-bond donors (Lipinski definition) is 1. The first-order chi connectivity index (χ1) is 21.7. The Balaban J connectivity index is 0.000000720. The van der Waals surface area contributed by atoms with Crippen molar-refractivity contribution >= 4 is 12.3 Å². The van der Waals surface area contributed by atoms with Crippen LogP contribution in [0.3, 0.4) is 0 Å². The van der Waals surface area contributed by atoms with E-state index in [1.165, 1.54) is 43.2 Å². The number of para-hydroxylation sites is 1. The van der Waals surface area contributed by atoms with Gasteiger partial charge in [-0.15, -0.1) is 0 Å². The zero-order valence-electron chi connectivity index (χ0n) is 29.4. The van der Waals surface area contributed by atoms with E-state index < -0.39 is 5.97 Å². The predicted octanol–water partition coefficient (Wildman–Crippen LogP) is 8.03. The summed E-state index contributed by atoms with van der Waals surface area (Å²) in [5.74, 6) is 1.69. The van der Waals surface area contributed by atoms with Crippen LogP contribution in [0.25, 0.3) is 0 Å². The van der Waals surface area contributed by atoms with E-state index in [0.717, 1.165) is 70.3 Å². The molecule has 0 amide bonds. The lowest BCUT2D eigenvalue weighted by atomic mass is 10.0. The molecule has 2 fully saturated rings. The maximum Gasteiger partial charge on any atom is 0.300 e. The first-order valence-corrected chi connectivity index (χ1v) is 16.6. The monoisotopic (exact) mass is 630 g/mol. The number of methoxy groups -OCH3 is 1. The summed E-state index contributed by atoms with van der Waals surface area (Å²) in [5, 5.41) is 9.31. The molecule has 0 aromatic heterocycles. The van der Waals surface area contributed by atoms with E-state index in [1.807, 2.05) is 43.3 Å². The minimum Gasteiger partial charge on any atom is -0.496 e. The van der Waals surface area contributed by atoms with Gasteiger partial charge in [-0.1, -0.05) is 76.5 Å². The Kier molecular flexibility index (Phi) is 25.6. The van der Waals surface area contributed by atoms with Gasteiger partial charge in [0.15, 0.2) is 0 Å². The highest BCUT2D eigenvalue weighted by molar-refractivity contribution is 5.63. The molecule has 2 saturated heterocycles. The summed E-state index contributed by atoms with van der Waals surface area (Å²) in [4.78, 5) is 27.5. The number of carbonyl (C=O) groups is 2. The number of nitrogens with zero attached hydrogens (tertiary/aromatic N) is 2. The Morgan fingerprint density at radius 2 is 1.87 bits per heavy atom. The largest absolute Gasteiger partial charge is 0.496 e. The van der Waals surface area contributed by atoms with Gasteiger partial charge in [0.25, 0.3) is 5.97 Å². The standard InChI is InChI=1S/C20H31NO2.C8H10O.C7H17NO.C2H4O2/c1-3-5-6-9-19-15-17(16-21(19)12-13-22)8-7-10-20-18(4-2)11-14-23-20;1-7-5-3-4-6-8(7)9-2;1-4-6-8(3)9-7-5-2;1-2(3)4/h4,7-8,10,13,17,19H,3,5-6,9,11-12,14-16H2,1-2H3;3-6H,1-2H3;4-7H2,1-3H3;1H3,(H,3,4)/b8-7+,18-4-,20-10+;;;. The second-order valence-corrected chi connectivity index (χ2v) is 11.3. The summed E-state index contributed by atoms with van der Waals surface area (Å²) in [6.07, 6.45) is 19.2. The van der Waals surface area contributed by atoms with Crippen molar-refractivity contribution in [1.29, 1.82) is 0 Å². The number of ether oxygens (including phenoxy) is 2. The van der Waals surface area contributed by atoms with Crippen LogP contribution < -0.4 is 4.74 Å². The first kappa shape index (κ1) is 42.1. The van der Waals surface area contributed by atoms with Crippen LogP contribution in [0.15, 0.2) is 59.9 Å². The lowest BCUT2D eigenvalue weighted by molar-refractivity contribution is -0.139. The molecule has 8 nitrogen and oxygen atoms in total. The third-order valence-corrected chi connectivity index (χ3v) is 7.30. The molecule has 0 saturated carbocycles.